The first-order valence-corrected chi connectivity index (χ1v) is 12.5. The van der Waals surface area contributed by atoms with E-state index in [1.54, 1.807) is 28.9 Å². The molecule has 1 aliphatic carbocycles. The van der Waals surface area contributed by atoms with Crippen molar-refractivity contribution in [1.29, 1.82) is 5.26 Å². The highest BCUT2D eigenvalue weighted by atomic mass is 16.6. The zero-order chi connectivity index (χ0) is 26.0. The Morgan fingerprint density at radius 1 is 1.17 bits per heavy atom. The summed E-state index contributed by atoms with van der Waals surface area (Å²) in [5.41, 5.74) is 2.82. The maximum absolute atomic E-state index is 13.5. The summed E-state index contributed by atoms with van der Waals surface area (Å²) in [6, 6.07) is 13.2. The molecule has 1 saturated carbocycles. The van der Waals surface area contributed by atoms with Gasteiger partial charge in [0.25, 0.3) is 0 Å². The number of hydrogen-bond donors (Lipinski definition) is 0. The van der Waals surface area contributed by atoms with Crippen molar-refractivity contribution in [2.24, 2.45) is 0 Å². The van der Waals surface area contributed by atoms with Crippen molar-refractivity contribution in [3.8, 4) is 17.6 Å². The van der Waals surface area contributed by atoms with Gasteiger partial charge in [0.15, 0.2) is 11.5 Å². The molecule has 0 saturated heterocycles. The maximum atomic E-state index is 13.5. The molecule has 1 aliphatic heterocycles. The van der Waals surface area contributed by atoms with Crippen LogP contribution in [0.3, 0.4) is 0 Å². The molecule has 0 bridgehead atoms. The van der Waals surface area contributed by atoms with Crippen LogP contribution in [-0.2, 0) is 4.79 Å². The first-order valence-electron chi connectivity index (χ1n) is 12.5. The van der Waals surface area contributed by atoms with Crippen LogP contribution in [0.1, 0.15) is 57.1 Å². The number of ether oxygens (including phenoxy) is 2. The van der Waals surface area contributed by atoms with E-state index >= 15 is 0 Å². The maximum Gasteiger partial charge on any atom is 0.420 e. The quantitative estimate of drug-likeness (QED) is 0.548. The molecule has 8 heteroatoms. The smallest absolute Gasteiger partial charge is 0.420 e. The highest BCUT2D eigenvalue weighted by Crippen LogP contribution is 2.40. The highest BCUT2D eigenvalue weighted by molar-refractivity contribution is 6.02. The summed E-state index contributed by atoms with van der Waals surface area (Å²) in [5.74, 6) is 0.768. The third-order valence-electron chi connectivity index (χ3n) is 7.13. The lowest BCUT2D eigenvalue weighted by atomic mass is 9.93. The molecule has 1 unspecified atom stereocenters. The van der Waals surface area contributed by atoms with E-state index in [1.807, 2.05) is 19.1 Å². The predicted octanol–water partition coefficient (Wildman–Crippen LogP) is 4.92. The van der Waals surface area contributed by atoms with Gasteiger partial charge in [-0.15, -0.1) is 0 Å². The van der Waals surface area contributed by atoms with Crippen LogP contribution in [0.2, 0.25) is 0 Å². The number of rotatable bonds is 7. The van der Waals surface area contributed by atoms with Crippen molar-refractivity contribution in [3.63, 3.8) is 0 Å². The van der Waals surface area contributed by atoms with Gasteiger partial charge in [-0.1, -0.05) is 13.0 Å². The van der Waals surface area contributed by atoms with Gasteiger partial charge in [-0.25, -0.2) is 4.79 Å². The molecule has 4 rings (SSSR count). The van der Waals surface area contributed by atoms with Crippen LogP contribution in [0.25, 0.3) is 0 Å². The van der Waals surface area contributed by atoms with Crippen molar-refractivity contribution >= 4 is 23.4 Å². The van der Waals surface area contributed by atoms with Crippen LogP contribution in [0.15, 0.2) is 36.4 Å². The molecule has 2 aromatic rings. The van der Waals surface area contributed by atoms with Crippen LogP contribution in [-0.4, -0.2) is 56.2 Å². The monoisotopic (exact) mass is 490 g/mol. The SMILES string of the molecule is CCC(CN(C)C1CC1)c1ccc2c(c1)N(C(=O)Oc1cc(C#N)ccc1OC)C[C@H](C)N2C(C)=O. The van der Waals surface area contributed by atoms with E-state index in [4.69, 9.17) is 9.47 Å². The summed E-state index contributed by atoms with van der Waals surface area (Å²) < 4.78 is 11.1. The number of carbonyl (C=O) groups is 2. The lowest BCUT2D eigenvalue weighted by molar-refractivity contribution is -0.117. The summed E-state index contributed by atoms with van der Waals surface area (Å²) in [4.78, 5) is 31.8. The molecular formula is C28H34N4O4. The Balaban J connectivity index is 1.70. The molecule has 1 heterocycles. The Morgan fingerprint density at radius 3 is 2.53 bits per heavy atom. The Labute approximate surface area is 213 Å². The number of fused-ring (bicyclic) bond motifs is 1. The average Bonchev–Trinajstić information content (AvgIpc) is 3.71. The van der Waals surface area contributed by atoms with E-state index in [0.29, 0.717) is 34.6 Å². The number of likely N-dealkylation sites (N-methyl/N-ethyl adjacent to an activating group) is 1. The van der Waals surface area contributed by atoms with Gasteiger partial charge in [0, 0.05) is 32.1 Å². The second-order valence-electron chi connectivity index (χ2n) is 9.72. The van der Waals surface area contributed by atoms with Crippen LogP contribution < -0.4 is 19.3 Å². The molecule has 0 N–H and O–H groups in total. The minimum atomic E-state index is -0.583. The highest BCUT2D eigenvalue weighted by Gasteiger charge is 2.36. The molecule has 2 amide bonds. The lowest BCUT2D eigenvalue weighted by Crippen LogP contribution is -2.52. The molecular weight excluding hydrogens is 456 g/mol. The first-order chi connectivity index (χ1) is 17.3. The molecule has 0 radical (unpaired) electrons. The molecule has 2 atom stereocenters. The van der Waals surface area contributed by atoms with Crippen LogP contribution >= 0.6 is 0 Å². The van der Waals surface area contributed by atoms with Gasteiger partial charge in [-0.3, -0.25) is 9.69 Å². The topological polar surface area (TPSA) is 86.1 Å². The number of hydrogen-bond acceptors (Lipinski definition) is 6. The van der Waals surface area contributed by atoms with Gasteiger partial charge >= 0.3 is 6.09 Å². The van der Waals surface area contributed by atoms with Crippen molar-refractivity contribution in [1.82, 2.24) is 4.90 Å². The summed E-state index contributed by atoms with van der Waals surface area (Å²) in [5, 5.41) is 9.28. The van der Waals surface area contributed by atoms with Gasteiger partial charge in [0.2, 0.25) is 5.91 Å². The molecule has 190 valence electrons. The van der Waals surface area contributed by atoms with Gasteiger partial charge in [0.1, 0.15) is 0 Å². The molecule has 0 aromatic heterocycles. The Morgan fingerprint density at radius 2 is 1.92 bits per heavy atom. The molecule has 2 aromatic carbocycles. The summed E-state index contributed by atoms with van der Waals surface area (Å²) in [7, 11) is 3.65. The number of amides is 2. The van der Waals surface area contributed by atoms with Gasteiger partial charge in [-0.2, -0.15) is 5.26 Å². The fourth-order valence-corrected chi connectivity index (χ4v) is 5.01. The van der Waals surface area contributed by atoms with Gasteiger partial charge in [-0.05, 0) is 69.0 Å². The first kappa shape index (κ1) is 25.5. The normalized spacial score (nSPS) is 17.9. The molecule has 2 aliphatic rings. The number of benzene rings is 2. The van der Waals surface area contributed by atoms with Crippen molar-refractivity contribution < 1.29 is 19.1 Å². The molecule has 36 heavy (non-hydrogen) atoms. The van der Waals surface area contributed by atoms with Crippen molar-refractivity contribution in [2.45, 2.75) is 58.0 Å². The number of anilines is 2. The number of nitrogens with zero attached hydrogens (tertiary/aromatic N) is 4. The van der Waals surface area contributed by atoms with E-state index in [0.717, 1.165) is 18.5 Å². The fourth-order valence-electron chi connectivity index (χ4n) is 5.01. The van der Waals surface area contributed by atoms with E-state index < -0.39 is 6.09 Å². The van der Waals surface area contributed by atoms with Gasteiger partial charge in [0.05, 0.1) is 36.2 Å². The minimum Gasteiger partial charge on any atom is -0.493 e. The number of methoxy groups -OCH3 is 1. The van der Waals surface area contributed by atoms with E-state index in [2.05, 4.69) is 31.0 Å². The molecule has 8 nitrogen and oxygen atoms in total. The van der Waals surface area contributed by atoms with Gasteiger partial charge < -0.3 is 19.3 Å². The van der Waals surface area contributed by atoms with E-state index in [1.165, 1.54) is 26.0 Å². The third-order valence-corrected chi connectivity index (χ3v) is 7.13. The van der Waals surface area contributed by atoms with Crippen LogP contribution in [0.5, 0.6) is 11.5 Å². The van der Waals surface area contributed by atoms with E-state index in [9.17, 15) is 14.9 Å². The van der Waals surface area contributed by atoms with Crippen molar-refractivity contribution in [3.05, 3.63) is 47.5 Å². The van der Waals surface area contributed by atoms with Crippen LogP contribution in [0, 0.1) is 11.3 Å². The van der Waals surface area contributed by atoms with Crippen molar-refractivity contribution in [2.75, 3.05) is 37.0 Å². The zero-order valence-electron chi connectivity index (χ0n) is 21.7. The predicted molar refractivity (Wildman–Crippen MR) is 139 cm³/mol. The minimum absolute atomic E-state index is 0.0755. The third kappa shape index (κ3) is 5.17. The summed E-state index contributed by atoms with van der Waals surface area (Å²) in [6.07, 6.45) is 2.88. The largest absolute Gasteiger partial charge is 0.493 e. The Kier molecular flexibility index (Phi) is 7.51. The standard InChI is InChI=1S/C28H34N4O4/c1-6-21(17-30(4)23-9-10-23)22-8-11-24-25(14-22)31(16-18(2)32(24)19(3)33)28(34)36-27-13-20(15-29)7-12-26(27)35-5/h7-8,11-14,18,21,23H,6,9-10,16-17H2,1-5H3/t18-,21?/m0/s1. The Bertz CT molecular complexity index is 1190. The molecule has 0 spiro atoms. The zero-order valence-corrected chi connectivity index (χ0v) is 21.7. The average molecular weight is 491 g/mol. The fraction of sp³-hybridized carbons (Fsp3) is 0.464. The lowest BCUT2D eigenvalue weighted by Gasteiger charge is -2.40. The Hall–Kier alpha value is -3.57. The second-order valence-corrected chi connectivity index (χ2v) is 9.72. The number of carbonyl (C=O) groups excluding carboxylic acids is 2. The summed E-state index contributed by atoms with van der Waals surface area (Å²) in [6.45, 7) is 6.85. The van der Waals surface area contributed by atoms with Crippen LogP contribution in [0.4, 0.5) is 16.2 Å². The molecule has 1 fully saturated rings. The number of nitriles is 1. The summed E-state index contributed by atoms with van der Waals surface area (Å²) >= 11 is 0. The second kappa shape index (κ2) is 10.6. The van der Waals surface area contributed by atoms with E-state index in [-0.39, 0.29) is 24.2 Å².